The van der Waals surface area contributed by atoms with Crippen LogP contribution >= 0.6 is 0 Å². The molecular weight excluding hydrogens is 474 g/mol. The summed E-state index contributed by atoms with van der Waals surface area (Å²) in [5, 5.41) is 15.4. The molecule has 4 atom stereocenters. The quantitative estimate of drug-likeness (QED) is 0.582. The summed E-state index contributed by atoms with van der Waals surface area (Å²) >= 11 is 0. The van der Waals surface area contributed by atoms with Gasteiger partial charge < -0.3 is 10.0 Å². The van der Waals surface area contributed by atoms with Gasteiger partial charge in [0.2, 0.25) is 5.91 Å². The third-order valence-corrected chi connectivity index (χ3v) is 8.81. The number of benzene rings is 1. The molecule has 1 fully saturated rings. The van der Waals surface area contributed by atoms with Crippen LogP contribution in [0.3, 0.4) is 0 Å². The Labute approximate surface area is 216 Å². The molecule has 1 saturated carbocycles. The van der Waals surface area contributed by atoms with Crippen LogP contribution in [0.25, 0.3) is 5.69 Å². The predicted molar refractivity (Wildman–Crippen MR) is 137 cm³/mol. The molecule has 0 saturated heterocycles. The van der Waals surface area contributed by atoms with Crippen molar-refractivity contribution in [1.29, 1.82) is 0 Å². The van der Waals surface area contributed by atoms with Crippen molar-refractivity contribution >= 4 is 12.1 Å². The van der Waals surface area contributed by atoms with Crippen molar-refractivity contribution in [3.8, 4) is 5.69 Å². The average molecular weight is 509 g/mol. The molecule has 0 bridgehead atoms. The molecule has 1 aromatic heterocycles. The molecule has 3 heterocycles. The van der Waals surface area contributed by atoms with E-state index >= 15 is 0 Å². The van der Waals surface area contributed by atoms with Crippen molar-refractivity contribution in [2.45, 2.75) is 87.8 Å². The van der Waals surface area contributed by atoms with E-state index in [9.17, 15) is 18.7 Å². The number of nitrogens with zero attached hydrogens (tertiary/aromatic N) is 4. The standard InChI is InChI=1S/C29H34F2N4O2/c1-2-29(30,31)27-25(36)16-20(17-32-27)28(37)34-15-14-24-26-22(8-3-4-9-23(26)34)33-35(24)21-12-10-19(11-13-21)18-6-5-7-18/h2,10-13,17-18,20,23,25,27,36H,1,3-9,14-16H2. The number of hydrogen-bond donors (Lipinski definition) is 1. The van der Waals surface area contributed by atoms with Crippen LogP contribution in [0, 0.1) is 5.92 Å². The molecule has 0 spiro atoms. The molecule has 1 N–H and O–H groups in total. The summed E-state index contributed by atoms with van der Waals surface area (Å²) in [4.78, 5) is 19.4. The van der Waals surface area contributed by atoms with E-state index in [1.165, 1.54) is 36.7 Å². The Morgan fingerprint density at radius 2 is 1.89 bits per heavy atom. The largest absolute Gasteiger partial charge is 0.391 e. The zero-order chi connectivity index (χ0) is 25.7. The molecule has 2 aromatic rings. The minimum atomic E-state index is -3.31. The number of hydrogen-bond acceptors (Lipinski definition) is 4. The molecule has 1 amide bonds. The van der Waals surface area contributed by atoms with Gasteiger partial charge in [-0.3, -0.25) is 9.79 Å². The van der Waals surface area contributed by atoms with E-state index in [1.807, 2.05) is 4.90 Å². The monoisotopic (exact) mass is 508 g/mol. The van der Waals surface area contributed by atoms with Crippen molar-refractivity contribution in [2.24, 2.45) is 10.9 Å². The lowest BCUT2D eigenvalue weighted by Gasteiger charge is -2.39. The molecule has 4 aliphatic rings. The third kappa shape index (κ3) is 4.23. The maximum Gasteiger partial charge on any atom is 0.290 e. The van der Waals surface area contributed by atoms with Gasteiger partial charge in [-0.25, -0.2) is 4.68 Å². The first-order chi connectivity index (χ1) is 17.9. The second-order valence-electron chi connectivity index (χ2n) is 11.0. The summed E-state index contributed by atoms with van der Waals surface area (Å²) in [6.07, 6.45) is 8.64. The number of aromatic nitrogens is 2. The zero-order valence-corrected chi connectivity index (χ0v) is 21.0. The maximum absolute atomic E-state index is 14.1. The SMILES string of the molecule is C=CC(F)(F)C1N=CC(C(=O)N2CCc3c4c(nn3-c3ccc(C5CCC5)cc3)CCCCC42)CC1O. The number of rotatable bonds is 5. The lowest BCUT2D eigenvalue weighted by molar-refractivity contribution is -0.138. The summed E-state index contributed by atoms with van der Waals surface area (Å²) in [5.41, 5.74) is 5.84. The van der Waals surface area contributed by atoms with Gasteiger partial charge in [-0.15, -0.1) is 0 Å². The summed E-state index contributed by atoms with van der Waals surface area (Å²) in [6, 6.07) is 7.10. The van der Waals surface area contributed by atoms with Crippen LogP contribution in [0.2, 0.25) is 0 Å². The van der Waals surface area contributed by atoms with Gasteiger partial charge in [0.25, 0.3) is 5.92 Å². The van der Waals surface area contributed by atoms with Crippen LogP contribution in [0.15, 0.2) is 41.9 Å². The molecule has 0 radical (unpaired) electrons. The fourth-order valence-electron chi connectivity index (χ4n) is 6.50. The van der Waals surface area contributed by atoms with Crippen molar-refractivity contribution in [1.82, 2.24) is 14.7 Å². The lowest BCUT2D eigenvalue weighted by Crippen LogP contribution is -2.49. The highest BCUT2D eigenvalue weighted by atomic mass is 19.3. The highest BCUT2D eigenvalue weighted by Crippen LogP contribution is 2.42. The van der Waals surface area contributed by atoms with Crippen molar-refractivity contribution in [2.75, 3.05) is 6.54 Å². The van der Waals surface area contributed by atoms with E-state index in [2.05, 4.69) is 40.5 Å². The maximum atomic E-state index is 14.1. The van der Waals surface area contributed by atoms with Crippen LogP contribution in [0.5, 0.6) is 0 Å². The van der Waals surface area contributed by atoms with E-state index < -0.39 is 24.0 Å². The van der Waals surface area contributed by atoms with E-state index in [0.717, 1.165) is 42.6 Å². The number of carbonyl (C=O) groups is 1. The second kappa shape index (κ2) is 9.46. The molecule has 6 rings (SSSR count). The van der Waals surface area contributed by atoms with Crippen LogP contribution in [-0.2, 0) is 17.6 Å². The van der Waals surface area contributed by atoms with Crippen LogP contribution in [-0.4, -0.2) is 56.5 Å². The molecule has 6 nitrogen and oxygen atoms in total. The van der Waals surface area contributed by atoms with E-state index in [1.54, 1.807) is 0 Å². The van der Waals surface area contributed by atoms with Gasteiger partial charge in [-0.1, -0.05) is 31.6 Å². The first kappa shape index (κ1) is 24.5. The number of aryl methyl sites for hydroxylation is 1. The number of aliphatic hydroxyl groups is 1. The van der Waals surface area contributed by atoms with Gasteiger partial charge in [-0.05, 0) is 68.2 Å². The smallest absolute Gasteiger partial charge is 0.290 e. The summed E-state index contributed by atoms with van der Waals surface area (Å²) < 4.78 is 30.2. The molecular formula is C29H34F2N4O2. The van der Waals surface area contributed by atoms with E-state index in [4.69, 9.17) is 5.10 Å². The Bertz CT molecular complexity index is 1220. The molecule has 8 heteroatoms. The Morgan fingerprint density at radius 1 is 1.11 bits per heavy atom. The van der Waals surface area contributed by atoms with Gasteiger partial charge in [0.15, 0.2) is 0 Å². The van der Waals surface area contributed by atoms with E-state index in [0.29, 0.717) is 25.0 Å². The fourth-order valence-corrected chi connectivity index (χ4v) is 6.50. The minimum Gasteiger partial charge on any atom is -0.391 e. The minimum absolute atomic E-state index is 0.0635. The Morgan fingerprint density at radius 3 is 2.57 bits per heavy atom. The molecule has 37 heavy (non-hydrogen) atoms. The number of aliphatic imine (C=N–C) groups is 1. The molecule has 2 aliphatic heterocycles. The summed E-state index contributed by atoms with van der Waals surface area (Å²) in [6.45, 7) is 3.70. The third-order valence-electron chi connectivity index (χ3n) is 8.81. The Balaban J connectivity index is 1.27. The number of aliphatic hydroxyl groups excluding tert-OH is 1. The topological polar surface area (TPSA) is 70.7 Å². The lowest BCUT2D eigenvalue weighted by atomic mass is 9.80. The number of halogens is 2. The van der Waals surface area contributed by atoms with Gasteiger partial charge in [-0.2, -0.15) is 13.9 Å². The zero-order valence-electron chi connectivity index (χ0n) is 21.0. The van der Waals surface area contributed by atoms with Crippen molar-refractivity contribution in [3.63, 3.8) is 0 Å². The predicted octanol–water partition coefficient (Wildman–Crippen LogP) is 4.93. The highest BCUT2D eigenvalue weighted by molar-refractivity contribution is 5.94. The average Bonchev–Trinajstić information content (AvgIpc) is 3.10. The Hall–Kier alpha value is -2.87. The fraction of sp³-hybridized carbons (Fsp3) is 0.552. The Kier molecular flexibility index (Phi) is 6.25. The number of alkyl halides is 2. The first-order valence-corrected chi connectivity index (χ1v) is 13.6. The first-order valence-electron chi connectivity index (χ1n) is 13.6. The van der Waals surface area contributed by atoms with Gasteiger partial charge in [0.1, 0.15) is 6.04 Å². The summed E-state index contributed by atoms with van der Waals surface area (Å²) in [7, 11) is 0. The molecule has 2 aliphatic carbocycles. The van der Waals surface area contributed by atoms with Crippen LogP contribution in [0.1, 0.15) is 79.4 Å². The highest BCUT2D eigenvalue weighted by Gasteiger charge is 2.46. The number of amides is 1. The summed E-state index contributed by atoms with van der Waals surface area (Å²) in [5.74, 6) is -3.49. The van der Waals surface area contributed by atoms with Crippen molar-refractivity contribution in [3.05, 3.63) is 59.4 Å². The van der Waals surface area contributed by atoms with Gasteiger partial charge >= 0.3 is 0 Å². The molecule has 1 aromatic carbocycles. The molecule has 4 unspecified atom stereocenters. The second-order valence-corrected chi connectivity index (χ2v) is 11.0. The van der Waals surface area contributed by atoms with Crippen molar-refractivity contribution < 1.29 is 18.7 Å². The van der Waals surface area contributed by atoms with Gasteiger partial charge in [0, 0.05) is 24.7 Å². The van der Waals surface area contributed by atoms with Gasteiger partial charge in [0.05, 0.1) is 35.1 Å². The van der Waals surface area contributed by atoms with E-state index in [-0.39, 0.29) is 18.4 Å². The normalized spacial score (nSPS) is 27.8. The molecule has 196 valence electrons. The van der Waals surface area contributed by atoms with Crippen LogP contribution in [0.4, 0.5) is 8.78 Å². The number of carbonyl (C=O) groups excluding carboxylic acids is 1. The van der Waals surface area contributed by atoms with Crippen LogP contribution < -0.4 is 0 Å².